The number of aryl methyl sites for hydroxylation is 2. The van der Waals surface area contributed by atoms with Gasteiger partial charge in [-0.2, -0.15) is 0 Å². The molecule has 2 N–H and O–H groups in total. The van der Waals surface area contributed by atoms with Crippen molar-refractivity contribution >= 4 is 28.5 Å². The maximum atomic E-state index is 12.5. The number of carboxylic acid groups (broad SMARTS) is 1. The third-order valence-corrected chi connectivity index (χ3v) is 3.78. The number of rotatable bonds is 3. The van der Waals surface area contributed by atoms with Crippen molar-refractivity contribution in [3.8, 4) is 0 Å². The van der Waals surface area contributed by atoms with Gasteiger partial charge in [-0.15, -0.1) is 0 Å². The molecular weight excluding hydrogens is 294 g/mol. The number of benzene rings is 2. The lowest BCUT2D eigenvalue weighted by Crippen LogP contribution is -2.13. The monoisotopic (exact) mass is 309 g/mol. The first kappa shape index (κ1) is 14.8. The predicted octanol–water partition coefficient (Wildman–Crippen LogP) is 4.00. The minimum Gasteiger partial charge on any atom is -0.478 e. The average molecular weight is 309 g/mol. The standard InChI is InChI=1S/C18H15NO4/c1-10-7-8-12(18(21)22)9-14(10)19-17(20)16-11(2)13-5-3-4-6-15(13)23-16/h3-9H,1-2H3,(H,19,20)(H,21,22). The number of furan rings is 1. The number of fused-ring (bicyclic) bond motifs is 1. The lowest BCUT2D eigenvalue weighted by atomic mass is 10.1. The quantitative estimate of drug-likeness (QED) is 0.766. The molecule has 5 nitrogen and oxygen atoms in total. The van der Waals surface area contributed by atoms with E-state index in [9.17, 15) is 9.59 Å². The fourth-order valence-corrected chi connectivity index (χ4v) is 2.46. The highest BCUT2D eigenvalue weighted by Gasteiger charge is 2.18. The molecule has 0 aliphatic heterocycles. The van der Waals surface area contributed by atoms with Gasteiger partial charge in [0.05, 0.1) is 5.56 Å². The summed E-state index contributed by atoms with van der Waals surface area (Å²) in [6.45, 7) is 3.62. The predicted molar refractivity (Wildman–Crippen MR) is 87.0 cm³/mol. The highest BCUT2D eigenvalue weighted by molar-refractivity contribution is 6.07. The fraction of sp³-hybridized carbons (Fsp3) is 0.111. The summed E-state index contributed by atoms with van der Waals surface area (Å²) in [7, 11) is 0. The number of carboxylic acids is 1. The van der Waals surface area contributed by atoms with Crippen LogP contribution in [-0.2, 0) is 0 Å². The van der Waals surface area contributed by atoms with Gasteiger partial charge in [-0.25, -0.2) is 4.79 Å². The first-order chi connectivity index (χ1) is 11.0. The molecule has 0 radical (unpaired) electrons. The zero-order valence-corrected chi connectivity index (χ0v) is 12.7. The molecular formula is C18H15NO4. The number of carbonyl (C=O) groups is 2. The molecule has 5 heteroatoms. The van der Waals surface area contributed by atoms with Crippen LogP contribution in [0.25, 0.3) is 11.0 Å². The molecule has 0 spiro atoms. The van der Waals surface area contributed by atoms with Crippen LogP contribution >= 0.6 is 0 Å². The number of nitrogens with one attached hydrogen (secondary N) is 1. The van der Waals surface area contributed by atoms with Crippen LogP contribution in [0.5, 0.6) is 0 Å². The highest BCUT2D eigenvalue weighted by atomic mass is 16.4. The van der Waals surface area contributed by atoms with Gasteiger partial charge in [0.25, 0.3) is 5.91 Å². The minimum atomic E-state index is -1.04. The van der Waals surface area contributed by atoms with Crippen molar-refractivity contribution in [1.29, 1.82) is 0 Å². The van der Waals surface area contributed by atoms with Crippen LogP contribution in [0.3, 0.4) is 0 Å². The number of anilines is 1. The van der Waals surface area contributed by atoms with Crippen LogP contribution in [0.15, 0.2) is 46.9 Å². The van der Waals surface area contributed by atoms with Crippen molar-refractivity contribution in [2.24, 2.45) is 0 Å². The molecule has 23 heavy (non-hydrogen) atoms. The molecule has 0 saturated heterocycles. The average Bonchev–Trinajstić information content (AvgIpc) is 2.87. The second-order valence-electron chi connectivity index (χ2n) is 5.34. The van der Waals surface area contributed by atoms with E-state index in [1.165, 1.54) is 12.1 Å². The summed E-state index contributed by atoms with van der Waals surface area (Å²) in [5, 5.41) is 12.7. The van der Waals surface area contributed by atoms with Gasteiger partial charge in [0, 0.05) is 16.6 Å². The van der Waals surface area contributed by atoms with Crippen LogP contribution < -0.4 is 5.32 Å². The van der Waals surface area contributed by atoms with Crippen molar-refractivity contribution in [2.75, 3.05) is 5.32 Å². The van der Waals surface area contributed by atoms with Crippen LogP contribution in [0.1, 0.15) is 32.0 Å². The summed E-state index contributed by atoms with van der Waals surface area (Å²) >= 11 is 0. The normalized spacial score (nSPS) is 10.7. The zero-order chi connectivity index (χ0) is 16.6. The molecule has 3 aromatic rings. The van der Waals surface area contributed by atoms with E-state index in [0.29, 0.717) is 11.3 Å². The van der Waals surface area contributed by atoms with E-state index in [2.05, 4.69) is 5.32 Å². The third kappa shape index (κ3) is 2.68. The topological polar surface area (TPSA) is 79.5 Å². The molecule has 0 unspecified atom stereocenters. The molecule has 1 aromatic heterocycles. The van der Waals surface area contributed by atoms with Gasteiger partial charge in [0.1, 0.15) is 5.58 Å². The van der Waals surface area contributed by atoms with Gasteiger partial charge in [-0.3, -0.25) is 4.79 Å². The molecule has 1 amide bonds. The Labute approximate surface area is 132 Å². The van der Waals surface area contributed by atoms with Crippen LogP contribution in [0, 0.1) is 13.8 Å². The molecule has 1 heterocycles. The van der Waals surface area contributed by atoms with Crippen molar-refractivity contribution in [2.45, 2.75) is 13.8 Å². The maximum Gasteiger partial charge on any atom is 0.335 e. The molecule has 0 saturated carbocycles. The van der Waals surface area contributed by atoms with E-state index >= 15 is 0 Å². The molecule has 0 atom stereocenters. The Kier molecular flexibility index (Phi) is 3.62. The number of para-hydroxylation sites is 1. The molecule has 0 fully saturated rings. The van der Waals surface area contributed by atoms with Gasteiger partial charge >= 0.3 is 5.97 Å². The number of amides is 1. The van der Waals surface area contributed by atoms with E-state index in [1.807, 2.05) is 25.1 Å². The second-order valence-corrected chi connectivity index (χ2v) is 5.34. The maximum absolute atomic E-state index is 12.5. The van der Waals surface area contributed by atoms with Gasteiger partial charge in [0.2, 0.25) is 0 Å². The van der Waals surface area contributed by atoms with Crippen molar-refractivity contribution in [3.63, 3.8) is 0 Å². The van der Waals surface area contributed by atoms with Crippen LogP contribution in [0.2, 0.25) is 0 Å². The first-order valence-corrected chi connectivity index (χ1v) is 7.11. The van der Waals surface area contributed by atoms with E-state index in [0.717, 1.165) is 16.5 Å². The van der Waals surface area contributed by atoms with Crippen LogP contribution in [0.4, 0.5) is 5.69 Å². The first-order valence-electron chi connectivity index (χ1n) is 7.11. The summed E-state index contributed by atoms with van der Waals surface area (Å²) in [5.41, 5.74) is 2.75. The lowest BCUT2D eigenvalue weighted by molar-refractivity contribution is 0.0696. The molecule has 3 rings (SSSR count). The SMILES string of the molecule is Cc1ccc(C(=O)O)cc1NC(=O)c1oc2ccccc2c1C. The third-order valence-electron chi connectivity index (χ3n) is 3.78. The van der Waals surface area contributed by atoms with Crippen molar-refractivity contribution < 1.29 is 19.1 Å². The summed E-state index contributed by atoms with van der Waals surface area (Å²) in [5.74, 6) is -1.21. The number of aromatic carboxylic acids is 1. The van der Waals surface area contributed by atoms with Crippen molar-refractivity contribution in [3.05, 3.63) is 64.9 Å². The van der Waals surface area contributed by atoms with E-state index in [1.54, 1.807) is 19.1 Å². The summed E-state index contributed by atoms with van der Waals surface area (Å²) in [6.07, 6.45) is 0. The van der Waals surface area contributed by atoms with Gasteiger partial charge in [-0.05, 0) is 37.6 Å². The second kappa shape index (κ2) is 5.61. The lowest BCUT2D eigenvalue weighted by Gasteiger charge is -2.08. The molecule has 0 bridgehead atoms. The molecule has 0 aliphatic carbocycles. The van der Waals surface area contributed by atoms with Gasteiger partial charge in [0.15, 0.2) is 5.76 Å². The number of carbonyl (C=O) groups excluding carboxylic acids is 1. The highest BCUT2D eigenvalue weighted by Crippen LogP contribution is 2.26. The molecule has 116 valence electrons. The van der Waals surface area contributed by atoms with Crippen molar-refractivity contribution in [1.82, 2.24) is 0 Å². The molecule has 2 aromatic carbocycles. The Morgan fingerprint density at radius 3 is 2.52 bits per heavy atom. The number of hydrogen-bond acceptors (Lipinski definition) is 3. The van der Waals surface area contributed by atoms with Gasteiger partial charge in [-0.1, -0.05) is 24.3 Å². The van der Waals surface area contributed by atoms with E-state index < -0.39 is 11.9 Å². The minimum absolute atomic E-state index is 0.118. The fourth-order valence-electron chi connectivity index (χ4n) is 2.46. The van der Waals surface area contributed by atoms with E-state index in [-0.39, 0.29) is 11.3 Å². The molecule has 0 aliphatic rings. The Bertz CT molecular complexity index is 924. The summed E-state index contributed by atoms with van der Waals surface area (Å²) in [6, 6.07) is 12.0. The van der Waals surface area contributed by atoms with E-state index in [4.69, 9.17) is 9.52 Å². The summed E-state index contributed by atoms with van der Waals surface area (Å²) in [4.78, 5) is 23.5. The van der Waals surface area contributed by atoms with Gasteiger partial charge < -0.3 is 14.8 Å². The smallest absolute Gasteiger partial charge is 0.335 e. The summed E-state index contributed by atoms with van der Waals surface area (Å²) < 4.78 is 5.62. The Morgan fingerprint density at radius 1 is 1.09 bits per heavy atom. The largest absolute Gasteiger partial charge is 0.478 e. The zero-order valence-electron chi connectivity index (χ0n) is 12.7. The Morgan fingerprint density at radius 2 is 1.83 bits per heavy atom. The van der Waals surface area contributed by atoms with Crippen LogP contribution in [-0.4, -0.2) is 17.0 Å². The Balaban J connectivity index is 1.96. The Hall–Kier alpha value is -3.08. The number of hydrogen-bond donors (Lipinski definition) is 2.